The van der Waals surface area contributed by atoms with Crippen LogP contribution >= 0.6 is 0 Å². The molecule has 13 heavy (non-hydrogen) atoms. The SMILES string of the molecule is C=CC(C(=O)OC)C1(O)CCCC1. The summed E-state index contributed by atoms with van der Waals surface area (Å²) >= 11 is 0. The van der Waals surface area contributed by atoms with Gasteiger partial charge in [-0.05, 0) is 12.8 Å². The van der Waals surface area contributed by atoms with Crippen LogP contribution < -0.4 is 0 Å². The Bertz CT molecular complexity index is 204. The van der Waals surface area contributed by atoms with Crippen molar-refractivity contribution in [3.63, 3.8) is 0 Å². The van der Waals surface area contributed by atoms with Crippen molar-refractivity contribution in [1.29, 1.82) is 0 Å². The van der Waals surface area contributed by atoms with Crippen LogP contribution in [0, 0.1) is 5.92 Å². The number of carbonyl (C=O) groups is 1. The molecular weight excluding hydrogens is 168 g/mol. The van der Waals surface area contributed by atoms with E-state index in [2.05, 4.69) is 11.3 Å². The summed E-state index contributed by atoms with van der Waals surface area (Å²) in [6.45, 7) is 3.56. The van der Waals surface area contributed by atoms with E-state index in [1.165, 1.54) is 13.2 Å². The minimum absolute atomic E-state index is 0.389. The second kappa shape index (κ2) is 3.92. The Morgan fingerprint density at radius 2 is 2.15 bits per heavy atom. The van der Waals surface area contributed by atoms with Gasteiger partial charge in [-0.3, -0.25) is 4.79 Å². The first-order chi connectivity index (χ1) is 6.14. The van der Waals surface area contributed by atoms with Gasteiger partial charge in [0.1, 0.15) is 5.92 Å². The first-order valence-electron chi connectivity index (χ1n) is 4.57. The highest BCUT2D eigenvalue weighted by Gasteiger charge is 2.42. The number of aliphatic hydroxyl groups is 1. The van der Waals surface area contributed by atoms with E-state index in [1.807, 2.05) is 0 Å². The van der Waals surface area contributed by atoms with Crippen LogP contribution in [0.3, 0.4) is 0 Å². The van der Waals surface area contributed by atoms with Crippen LogP contribution in [0.5, 0.6) is 0 Å². The van der Waals surface area contributed by atoms with Crippen molar-refractivity contribution in [2.75, 3.05) is 7.11 Å². The largest absolute Gasteiger partial charge is 0.468 e. The minimum atomic E-state index is -0.908. The summed E-state index contributed by atoms with van der Waals surface area (Å²) in [6.07, 6.45) is 4.75. The van der Waals surface area contributed by atoms with Crippen LogP contribution in [0.2, 0.25) is 0 Å². The smallest absolute Gasteiger partial charge is 0.315 e. The van der Waals surface area contributed by atoms with Gasteiger partial charge in [-0.15, -0.1) is 6.58 Å². The van der Waals surface area contributed by atoms with Crippen molar-refractivity contribution in [2.24, 2.45) is 5.92 Å². The molecule has 1 saturated carbocycles. The molecule has 1 unspecified atom stereocenters. The maximum Gasteiger partial charge on any atom is 0.315 e. The lowest BCUT2D eigenvalue weighted by molar-refractivity contribution is -0.152. The molecule has 1 aliphatic carbocycles. The third-order valence-electron chi connectivity index (χ3n) is 2.74. The fraction of sp³-hybridized carbons (Fsp3) is 0.700. The van der Waals surface area contributed by atoms with Crippen LogP contribution in [-0.4, -0.2) is 23.8 Å². The monoisotopic (exact) mass is 184 g/mol. The van der Waals surface area contributed by atoms with E-state index >= 15 is 0 Å². The molecule has 1 aliphatic rings. The molecule has 1 rings (SSSR count). The summed E-state index contributed by atoms with van der Waals surface area (Å²) in [7, 11) is 1.33. The van der Waals surface area contributed by atoms with Gasteiger partial charge < -0.3 is 9.84 Å². The van der Waals surface area contributed by atoms with Gasteiger partial charge in [0, 0.05) is 0 Å². The Hall–Kier alpha value is -0.830. The molecule has 0 bridgehead atoms. The van der Waals surface area contributed by atoms with E-state index in [-0.39, 0.29) is 5.97 Å². The topological polar surface area (TPSA) is 46.5 Å². The molecule has 0 aromatic rings. The first-order valence-corrected chi connectivity index (χ1v) is 4.57. The Balaban J connectivity index is 2.75. The second-order valence-corrected chi connectivity index (χ2v) is 3.55. The maximum atomic E-state index is 11.3. The van der Waals surface area contributed by atoms with Crippen LogP contribution in [0.4, 0.5) is 0 Å². The van der Waals surface area contributed by atoms with E-state index in [1.54, 1.807) is 0 Å². The predicted molar refractivity (Wildman–Crippen MR) is 49.1 cm³/mol. The third kappa shape index (κ3) is 1.91. The number of hydrogen-bond donors (Lipinski definition) is 1. The van der Waals surface area contributed by atoms with Crippen LogP contribution in [0.15, 0.2) is 12.7 Å². The van der Waals surface area contributed by atoms with Gasteiger partial charge >= 0.3 is 5.97 Å². The van der Waals surface area contributed by atoms with E-state index < -0.39 is 11.5 Å². The average Bonchev–Trinajstić information content (AvgIpc) is 2.53. The molecule has 74 valence electrons. The van der Waals surface area contributed by atoms with Gasteiger partial charge in [-0.25, -0.2) is 0 Å². The van der Waals surface area contributed by atoms with Crippen molar-refractivity contribution in [1.82, 2.24) is 0 Å². The molecule has 0 aliphatic heterocycles. The predicted octanol–water partition coefficient (Wildman–Crippen LogP) is 1.27. The normalized spacial score (nSPS) is 22.3. The lowest BCUT2D eigenvalue weighted by Crippen LogP contribution is -2.39. The Kier molecular flexibility index (Phi) is 3.09. The summed E-state index contributed by atoms with van der Waals surface area (Å²) in [4.78, 5) is 11.3. The van der Waals surface area contributed by atoms with Gasteiger partial charge in [0.15, 0.2) is 0 Å². The summed E-state index contributed by atoms with van der Waals surface area (Å²) in [6, 6.07) is 0. The Labute approximate surface area is 78.4 Å². The number of rotatable bonds is 3. The van der Waals surface area contributed by atoms with Gasteiger partial charge in [0.05, 0.1) is 12.7 Å². The van der Waals surface area contributed by atoms with Crippen molar-refractivity contribution in [3.05, 3.63) is 12.7 Å². The molecule has 0 radical (unpaired) electrons. The molecule has 0 spiro atoms. The quantitative estimate of drug-likeness (QED) is 0.530. The standard InChI is InChI=1S/C10H16O3/c1-3-8(9(11)13-2)10(12)6-4-5-7-10/h3,8,12H,1,4-7H2,2H3. The molecule has 0 saturated heterocycles. The van der Waals surface area contributed by atoms with Crippen LogP contribution in [0.1, 0.15) is 25.7 Å². The molecule has 1 N–H and O–H groups in total. The Morgan fingerprint density at radius 3 is 2.54 bits per heavy atom. The molecule has 0 aromatic heterocycles. The van der Waals surface area contributed by atoms with E-state index in [4.69, 9.17) is 0 Å². The number of methoxy groups -OCH3 is 1. The number of carbonyl (C=O) groups excluding carboxylic acids is 1. The fourth-order valence-electron chi connectivity index (χ4n) is 1.96. The van der Waals surface area contributed by atoms with Gasteiger partial charge in [0.2, 0.25) is 0 Å². The number of ether oxygens (including phenoxy) is 1. The zero-order chi connectivity index (χ0) is 9.90. The molecule has 3 nitrogen and oxygen atoms in total. The van der Waals surface area contributed by atoms with E-state index in [0.29, 0.717) is 12.8 Å². The highest BCUT2D eigenvalue weighted by molar-refractivity contribution is 5.75. The van der Waals surface area contributed by atoms with E-state index in [0.717, 1.165) is 12.8 Å². The third-order valence-corrected chi connectivity index (χ3v) is 2.74. The van der Waals surface area contributed by atoms with Crippen molar-refractivity contribution < 1.29 is 14.6 Å². The molecule has 0 aromatic carbocycles. The lowest BCUT2D eigenvalue weighted by atomic mass is 9.86. The molecule has 3 heteroatoms. The van der Waals surface area contributed by atoms with Crippen molar-refractivity contribution >= 4 is 5.97 Å². The fourth-order valence-corrected chi connectivity index (χ4v) is 1.96. The van der Waals surface area contributed by atoms with Crippen molar-refractivity contribution in [2.45, 2.75) is 31.3 Å². The summed E-state index contributed by atoms with van der Waals surface area (Å²) < 4.78 is 4.61. The summed E-state index contributed by atoms with van der Waals surface area (Å²) in [5, 5.41) is 10.1. The van der Waals surface area contributed by atoms with Gasteiger partial charge in [0.25, 0.3) is 0 Å². The first kappa shape index (κ1) is 10.3. The lowest BCUT2D eigenvalue weighted by Gasteiger charge is -2.27. The van der Waals surface area contributed by atoms with Gasteiger partial charge in [-0.1, -0.05) is 18.9 Å². The highest BCUT2D eigenvalue weighted by atomic mass is 16.5. The van der Waals surface area contributed by atoms with E-state index in [9.17, 15) is 9.90 Å². The molecule has 1 fully saturated rings. The second-order valence-electron chi connectivity index (χ2n) is 3.55. The average molecular weight is 184 g/mol. The molecule has 0 amide bonds. The van der Waals surface area contributed by atoms with Crippen LogP contribution in [-0.2, 0) is 9.53 Å². The van der Waals surface area contributed by atoms with Crippen LogP contribution in [0.25, 0.3) is 0 Å². The van der Waals surface area contributed by atoms with Crippen molar-refractivity contribution in [3.8, 4) is 0 Å². The zero-order valence-corrected chi connectivity index (χ0v) is 7.95. The maximum absolute atomic E-state index is 11.3. The zero-order valence-electron chi connectivity index (χ0n) is 7.95. The molecule has 1 atom stereocenters. The Morgan fingerprint density at radius 1 is 1.62 bits per heavy atom. The minimum Gasteiger partial charge on any atom is -0.468 e. The summed E-state index contributed by atoms with van der Waals surface area (Å²) in [5.41, 5.74) is -0.908. The summed E-state index contributed by atoms with van der Waals surface area (Å²) in [5.74, 6) is -0.959. The number of esters is 1. The number of hydrogen-bond acceptors (Lipinski definition) is 3. The molecular formula is C10H16O3. The molecule has 0 heterocycles. The highest BCUT2D eigenvalue weighted by Crippen LogP contribution is 2.36. The van der Waals surface area contributed by atoms with Gasteiger partial charge in [-0.2, -0.15) is 0 Å².